The number of hydrogen-bond donors (Lipinski definition) is 2. The van der Waals surface area contributed by atoms with Gasteiger partial charge in [0, 0.05) is 38.6 Å². The Hall–Kier alpha value is 3.77. The molecule has 0 aliphatic heterocycles. The van der Waals surface area contributed by atoms with E-state index in [4.69, 9.17) is 9.79 Å². The fraction of sp³-hybridized carbons (Fsp3) is 0. The van der Waals surface area contributed by atoms with Crippen molar-refractivity contribution in [2.24, 2.45) is 0 Å². The van der Waals surface area contributed by atoms with E-state index < -0.39 is 7.82 Å². The second-order valence-electron chi connectivity index (χ2n) is 0.572. The molecule has 47 valence electrons. The molecule has 0 bridgehead atoms. The summed E-state index contributed by atoms with van der Waals surface area (Å²) in [6, 6.07) is 0. The van der Waals surface area contributed by atoms with Gasteiger partial charge in [-0.2, -0.15) is 0 Å². The SMILES string of the molecule is O=P(O)(O)[O][Ta].[KH].[Tb]. The van der Waals surface area contributed by atoms with Gasteiger partial charge < -0.3 is 0 Å². The first-order valence-corrected chi connectivity index (χ1v) is 3.79. The zero-order valence-electron chi connectivity index (χ0n) is 2.94. The van der Waals surface area contributed by atoms with Crippen molar-refractivity contribution in [2.75, 3.05) is 0 Å². The van der Waals surface area contributed by atoms with E-state index >= 15 is 0 Å². The summed E-state index contributed by atoms with van der Waals surface area (Å²) in [4.78, 5) is 15.5. The first-order valence-electron chi connectivity index (χ1n) is 0.948. The van der Waals surface area contributed by atoms with Gasteiger partial charge in [0.25, 0.3) is 0 Å². The van der Waals surface area contributed by atoms with Gasteiger partial charge >= 0.3 is 98.1 Å². The molecule has 0 unspecified atom stereocenters. The van der Waals surface area contributed by atoms with Gasteiger partial charge in [0.05, 0.1) is 0 Å². The topological polar surface area (TPSA) is 66.8 Å². The molecule has 2 N–H and O–H groups in total. The summed E-state index contributed by atoms with van der Waals surface area (Å²) in [6.45, 7) is 0. The monoisotopic (exact) mass is 477 g/mol. The van der Waals surface area contributed by atoms with Crippen LogP contribution in [0.5, 0.6) is 0 Å². The van der Waals surface area contributed by atoms with Gasteiger partial charge in [-0.15, -0.1) is 0 Å². The van der Waals surface area contributed by atoms with E-state index in [1.54, 1.807) is 0 Å². The van der Waals surface area contributed by atoms with Crippen LogP contribution in [-0.4, -0.2) is 61.2 Å². The molecule has 8 heteroatoms. The summed E-state index contributed by atoms with van der Waals surface area (Å²) in [7, 11) is -4.10. The molecule has 0 fully saturated rings. The molecule has 0 saturated heterocycles. The Morgan fingerprint density at radius 2 is 1.62 bits per heavy atom. The largest absolute Gasteiger partial charge is 0 e. The molecule has 0 aromatic heterocycles. The first kappa shape index (κ1) is 17.8. The summed E-state index contributed by atoms with van der Waals surface area (Å²) >= 11 is 0.257. The molecule has 8 heavy (non-hydrogen) atoms. The van der Waals surface area contributed by atoms with Crippen molar-refractivity contribution in [3.05, 3.63) is 0 Å². The van der Waals surface area contributed by atoms with Crippen LogP contribution < -0.4 is 0 Å². The number of phosphoric acid groups is 1. The molecule has 0 saturated carbocycles. The Kier molecular flexibility index (Phi) is 19.7. The standard InChI is InChI=1S/K.H3O4P.Ta.Tb.H/c;1-5(2,3)4;;;/h;(H3,1,2,3,4);;;/q;;+1;;/p-1. The summed E-state index contributed by atoms with van der Waals surface area (Å²) in [5.74, 6) is 0. The Bertz CT molecular complexity index is 80.1. The van der Waals surface area contributed by atoms with Crippen LogP contribution in [0.25, 0.3) is 0 Å². The molecule has 0 aliphatic rings. The van der Waals surface area contributed by atoms with E-state index in [1.807, 2.05) is 0 Å². The van der Waals surface area contributed by atoms with Gasteiger partial charge in [0.1, 0.15) is 0 Å². The molecular formula is H3KO4PTaTb. The Balaban J connectivity index is -0.000000125. The maximum atomic E-state index is 9.50. The molecule has 4 nitrogen and oxygen atoms in total. The molecule has 0 aromatic rings. The van der Waals surface area contributed by atoms with Gasteiger partial charge in [-0.3, -0.25) is 0 Å². The van der Waals surface area contributed by atoms with E-state index in [1.165, 1.54) is 0 Å². The zero-order chi connectivity index (χ0) is 5.21. The Labute approximate surface area is 133 Å². The summed E-state index contributed by atoms with van der Waals surface area (Å²) in [5.41, 5.74) is 0. The molecule has 1 radical (unpaired) electrons. The van der Waals surface area contributed by atoms with Crippen molar-refractivity contribution in [3.63, 3.8) is 0 Å². The summed E-state index contributed by atoms with van der Waals surface area (Å²) in [5, 5.41) is 0. The molecule has 0 aliphatic carbocycles. The van der Waals surface area contributed by atoms with Crippen LogP contribution in [0.1, 0.15) is 0 Å². The first-order chi connectivity index (χ1) is 2.56. The maximum absolute atomic E-state index is 9.50. The summed E-state index contributed by atoms with van der Waals surface area (Å²) in [6.07, 6.45) is 0. The fourth-order valence-electron chi connectivity index (χ4n) is 0. The van der Waals surface area contributed by atoms with Gasteiger partial charge in [0.15, 0.2) is 0 Å². The Morgan fingerprint density at radius 3 is 1.62 bits per heavy atom. The van der Waals surface area contributed by atoms with Crippen molar-refractivity contribution >= 4 is 59.2 Å². The van der Waals surface area contributed by atoms with Crippen LogP contribution >= 0.6 is 7.82 Å². The van der Waals surface area contributed by atoms with Gasteiger partial charge in [0.2, 0.25) is 0 Å². The fourth-order valence-corrected chi connectivity index (χ4v) is 0. The van der Waals surface area contributed by atoms with Crippen molar-refractivity contribution in [1.82, 2.24) is 0 Å². The van der Waals surface area contributed by atoms with E-state index in [-0.39, 0.29) is 111 Å². The molecule has 0 heterocycles. The smallest absolute Gasteiger partial charge is 0 e. The van der Waals surface area contributed by atoms with E-state index in [0.717, 1.165) is 0 Å². The van der Waals surface area contributed by atoms with Crippen molar-refractivity contribution < 1.29 is 77.5 Å². The van der Waals surface area contributed by atoms with Gasteiger partial charge in [-0.25, -0.2) is 0 Å². The minimum absolute atomic E-state index is 0. The van der Waals surface area contributed by atoms with Crippen LogP contribution in [-0.2, 0) is 29.1 Å². The molecular weight excluding hydrogens is 474 g/mol. The van der Waals surface area contributed by atoms with Crippen molar-refractivity contribution in [3.8, 4) is 0 Å². The molecule has 0 aromatic carbocycles. The predicted octanol–water partition coefficient (Wildman–Crippen LogP) is -1.09. The predicted molar refractivity (Wildman–Crippen MR) is 20.3 cm³/mol. The minimum Gasteiger partial charge on any atom is 0 e. The Morgan fingerprint density at radius 1 is 1.50 bits per heavy atom. The third-order valence-electron chi connectivity index (χ3n) is 0.106. The van der Waals surface area contributed by atoms with Crippen LogP contribution in [0, 0.1) is 38.6 Å². The number of hydrogen-bond acceptors (Lipinski definition) is 2. The second-order valence-corrected chi connectivity index (χ2v) is 3.48. The maximum Gasteiger partial charge on any atom is 0 e. The third kappa shape index (κ3) is 16.4. The average Bonchev–Trinajstić information content (AvgIpc) is 1.35. The van der Waals surface area contributed by atoms with Crippen LogP contribution in [0.15, 0.2) is 0 Å². The number of rotatable bonds is 1. The van der Waals surface area contributed by atoms with Crippen LogP contribution in [0.3, 0.4) is 0 Å². The van der Waals surface area contributed by atoms with Gasteiger partial charge in [-0.05, 0) is 0 Å². The molecule has 0 atom stereocenters. The van der Waals surface area contributed by atoms with E-state index in [0.29, 0.717) is 0 Å². The van der Waals surface area contributed by atoms with Crippen molar-refractivity contribution in [1.29, 1.82) is 0 Å². The quantitative estimate of drug-likeness (QED) is 0.373. The van der Waals surface area contributed by atoms with Crippen LogP contribution in [0.2, 0.25) is 0 Å². The average molecular weight is 477 g/mol. The van der Waals surface area contributed by atoms with E-state index in [2.05, 4.69) is 3.03 Å². The molecule has 0 spiro atoms. The third-order valence-corrected chi connectivity index (χ3v) is 2.61. The van der Waals surface area contributed by atoms with Gasteiger partial charge in [-0.1, -0.05) is 0 Å². The normalized spacial score (nSPS) is 8.75. The second kappa shape index (κ2) is 8.87. The summed E-state index contributed by atoms with van der Waals surface area (Å²) < 4.78 is 13.2. The minimum atomic E-state index is -4.10. The zero-order valence-corrected chi connectivity index (χ0v) is 9.19. The molecule has 0 amide bonds. The van der Waals surface area contributed by atoms with Crippen molar-refractivity contribution in [2.45, 2.75) is 0 Å². The molecule has 0 rings (SSSR count). The van der Waals surface area contributed by atoms with Crippen LogP contribution in [0.4, 0.5) is 0 Å². The van der Waals surface area contributed by atoms with E-state index in [9.17, 15) is 4.57 Å².